The number of nitrogens with one attached hydrogen (secondary N) is 1. The van der Waals surface area contributed by atoms with E-state index in [1.54, 1.807) is 37.1 Å². The first-order valence-electron chi connectivity index (χ1n) is 8.63. The van der Waals surface area contributed by atoms with Crippen molar-refractivity contribution in [3.05, 3.63) is 52.0 Å². The van der Waals surface area contributed by atoms with Crippen LogP contribution in [-0.4, -0.2) is 37.6 Å². The van der Waals surface area contributed by atoms with Crippen LogP contribution in [0.4, 0.5) is 0 Å². The number of H-pyrrole nitrogens is 1. The van der Waals surface area contributed by atoms with Crippen LogP contribution in [0, 0.1) is 18.3 Å². The van der Waals surface area contributed by atoms with Gasteiger partial charge < -0.3 is 4.74 Å². The van der Waals surface area contributed by atoms with Gasteiger partial charge in [0.05, 0.1) is 33.9 Å². The van der Waals surface area contributed by atoms with Gasteiger partial charge in [0.1, 0.15) is 24.0 Å². The molecular formula is C20H15BrN6O2. The number of carbonyl (C=O) groups is 1. The standard InChI is InChI=1S/C20H15BrN6O2/c1-10-19(15(8-22)26-25-10)20-12(11(2)28)4-5-18(24-20)27-9-23-14-6-13(21)17(29-3)7-16(14)27/h4-7,9H,1-3H3,(H,25,26). The average molecular weight is 451 g/mol. The molecule has 0 saturated heterocycles. The number of nitrogens with zero attached hydrogens (tertiary/aromatic N) is 5. The summed E-state index contributed by atoms with van der Waals surface area (Å²) in [5.74, 6) is 1.07. The van der Waals surface area contributed by atoms with E-state index in [2.05, 4.69) is 37.2 Å². The topological polar surface area (TPSA) is 109 Å². The van der Waals surface area contributed by atoms with Gasteiger partial charge in [-0.1, -0.05) is 0 Å². The molecule has 1 aromatic carbocycles. The normalized spacial score (nSPS) is 10.9. The second-order valence-electron chi connectivity index (χ2n) is 6.40. The Morgan fingerprint density at radius 1 is 1.34 bits per heavy atom. The molecule has 0 aliphatic heterocycles. The monoisotopic (exact) mass is 450 g/mol. The molecule has 0 radical (unpaired) electrons. The van der Waals surface area contributed by atoms with Crippen molar-refractivity contribution in [3.8, 4) is 28.9 Å². The minimum absolute atomic E-state index is 0.148. The Labute approximate surface area is 174 Å². The number of halogens is 1. The fraction of sp³-hybridized carbons (Fsp3) is 0.150. The number of nitriles is 1. The fourth-order valence-electron chi connectivity index (χ4n) is 3.21. The molecule has 0 bridgehead atoms. The van der Waals surface area contributed by atoms with Crippen LogP contribution < -0.4 is 4.74 Å². The van der Waals surface area contributed by atoms with Crippen molar-refractivity contribution in [2.75, 3.05) is 7.11 Å². The Bertz CT molecular complexity index is 1310. The van der Waals surface area contributed by atoms with Gasteiger partial charge in [-0.3, -0.25) is 14.5 Å². The van der Waals surface area contributed by atoms with Gasteiger partial charge in [-0.25, -0.2) is 9.97 Å². The van der Waals surface area contributed by atoms with Crippen LogP contribution in [0.3, 0.4) is 0 Å². The van der Waals surface area contributed by atoms with Crippen LogP contribution in [0.5, 0.6) is 5.75 Å². The maximum absolute atomic E-state index is 12.2. The Morgan fingerprint density at radius 3 is 2.83 bits per heavy atom. The highest BCUT2D eigenvalue weighted by Gasteiger charge is 2.21. The molecule has 29 heavy (non-hydrogen) atoms. The lowest BCUT2D eigenvalue weighted by molar-refractivity contribution is 0.101. The Kier molecular flexibility index (Phi) is 4.64. The van der Waals surface area contributed by atoms with E-state index in [1.807, 2.05) is 12.1 Å². The lowest BCUT2D eigenvalue weighted by Crippen LogP contribution is -2.04. The van der Waals surface area contributed by atoms with Crippen molar-refractivity contribution in [1.29, 1.82) is 5.26 Å². The zero-order valence-electron chi connectivity index (χ0n) is 15.8. The third-order valence-electron chi connectivity index (χ3n) is 4.62. The predicted molar refractivity (Wildman–Crippen MR) is 110 cm³/mol. The van der Waals surface area contributed by atoms with Gasteiger partial charge >= 0.3 is 0 Å². The van der Waals surface area contributed by atoms with Crippen LogP contribution >= 0.6 is 15.9 Å². The van der Waals surface area contributed by atoms with Gasteiger partial charge in [0.2, 0.25) is 0 Å². The molecule has 144 valence electrons. The molecule has 3 heterocycles. The van der Waals surface area contributed by atoms with Crippen molar-refractivity contribution in [2.24, 2.45) is 0 Å². The van der Waals surface area contributed by atoms with Crippen LogP contribution in [-0.2, 0) is 0 Å². The van der Waals surface area contributed by atoms with Crippen molar-refractivity contribution in [1.82, 2.24) is 24.7 Å². The zero-order chi connectivity index (χ0) is 20.7. The number of fused-ring (bicyclic) bond motifs is 1. The van der Waals surface area contributed by atoms with E-state index in [9.17, 15) is 10.1 Å². The minimum atomic E-state index is -0.148. The number of imidazole rings is 1. The second-order valence-corrected chi connectivity index (χ2v) is 7.25. The quantitative estimate of drug-likeness (QED) is 0.471. The number of carbonyl (C=O) groups excluding carboxylic acids is 1. The molecule has 9 heteroatoms. The number of Topliss-reactive ketones (excluding diaryl/α,β-unsaturated/α-hetero) is 1. The summed E-state index contributed by atoms with van der Waals surface area (Å²) in [6.45, 7) is 3.26. The molecule has 1 N–H and O–H groups in total. The summed E-state index contributed by atoms with van der Waals surface area (Å²) < 4.78 is 7.99. The summed E-state index contributed by atoms with van der Waals surface area (Å²) >= 11 is 3.46. The smallest absolute Gasteiger partial charge is 0.171 e. The lowest BCUT2D eigenvalue weighted by atomic mass is 10.0. The van der Waals surface area contributed by atoms with Crippen LogP contribution in [0.25, 0.3) is 28.1 Å². The Hall–Kier alpha value is -3.51. The maximum Gasteiger partial charge on any atom is 0.171 e. The van der Waals surface area contributed by atoms with Gasteiger partial charge in [0, 0.05) is 17.3 Å². The van der Waals surface area contributed by atoms with Crippen molar-refractivity contribution < 1.29 is 9.53 Å². The summed E-state index contributed by atoms with van der Waals surface area (Å²) in [5, 5.41) is 16.2. The van der Waals surface area contributed by atoms with E-state index >= 15 is 0 Å². The number of hydrogen-bond donors (Lipinski definition) is 1. The van der Waals surface area contributed by atoms with Gasteiger partial charge in [0.25, 0.3) is 0 Å². The number of pyridine rings is 1. The highest BCUT2D eigenvalue weighted by atomic mass is 79.9. The molecule has 0 aliphatic rings. The highest BCUT2D eigenvalue weighted by Crippen LogP contribution is 2.32. The molecule has 0 saturated carbocycles. The first-order chi connectivity index (χ1) is 13.9. The molecule has 0 fully saturated rings. The van der Waals surface area contributed by atoms with Gasteiger partial charge in [-0.2, -0.15) is 10.4 Å². The number of aromatic nitrogens is 5. The number of ether oxygens (including phenoxy) is 1. The Balaban J connectivity index is 1.98. The van der Waals surface area contributed by atoms with E-state index in [1.165, 1.54) is 6.92 Å². The van der Waals surface area contributed by atoms with E-state index < -0.39 is 0 Å². The predicted octanol–water partition coefficient (Wildman–Crippen LogP) is 3.96. The van der Waals surface area contributed by atoms with Crippen LogP contribution in [0.15, 0.2) is 35.1 Å². The summed E-state index contributed by atoms with van der Waals surface area (Å²) in [5.41, 5.74) is 3.75. The molecule has 0 unspecified atom stereocenters. The number of ketones is 1. The number of rotatable bonds is 4. The SMILES string of the molecule is COc1cc2c(cc1Br)ncn2-c1ccc(C(C)=O)c(-c2c(C#N)n[nH]c2C)n1. The molecule has 4 rings (SSSR count). The molecule has 8 nitrogen and oxygen atoms in total. The van der Waals surface area contributed by atoms with Gasteiger partial charge in [-0.15, -0.1) is 0 Å². The van der Waals surface area contributed by atoms with Crippen LogP contribution in [0.2, 0.25) is 0 Å². The minimum Gasteiger partial charge on any atom is -0.495 e. The third-order valence-corrected chi connectivity index (χ3v) is 5.24. The Morgan fingerprint density at radius 2 is 2.14 bits per heavy atom. The largest absolute Gasteiger partial charge is 0.495 e. The van der Waals surface area contributed by atoms with E-state index in [4.69, 9.17) is 9.72 Å². The van der Waals surface area contributed by atoms with Gasteiger partial charge in [-0.05, 0) is 48.0 Å². The van der Waals surface area contributed by atoms with Crippen molar-refractivity contribution >= 4 is 32.7 Å². The molecule has 0 amide bonds. The number of aromatic amines is 1. The fourth-order valence-corrected chi connectivity index (χ4v) is 3.70. The van der Waals surface area contributed by atoms with E-state index in [0.717, 1.165) is 15.5 Å². The summed E-state index contributed by atoms with van der Waals surface area (Å²) in [6, 6.07) is 9.23. The van der Waals surface area contributed by atoms with E-state index in [-0.39, 0.29) is 11.5 Å². The molecule has 0 aliphatic carbocycles. The number of aryl methyl sites for hydroxylation is 1. The third kappa shape index (κ3) is 3.07. The molecule has 0 atom stereocenters. The average Bonchev–Trinajstić information content (AvgIpc) is 3.29. The second kappa shape index (κ2) is 7.14. The molecular weight excluding hydrogens is 436 g/mol. The number of methoxy groups -OCH3 is 1. The van der Waals surface area contributed by atoms with Crippen LogP contribution in [0.1, 0.15) is 28.7 Å². The summed E-state index contributed by atoms with van der Waals surface area (Å²) in [7, 11) is 1.59. The maximum atomic E-state index is 12.2. The molecule has 0 spiro atoms. The summed E-state index contributed by atoms with van der Waals surface area (Å²) in [6.07, 6.45) is 1.66. The summed E-state index contributed by atoms with van der Waals surface area (Å²) in [4.78, 5) is 21.4. The first-order valence-corrected chi connectivity index (χ1v) is 9.42. The first kappa shape index (κ1) is 18.8. The van der Waals surface area contributed by atoms with Crippen molar-refractivity contribution in [3.63, 3.8) is 0 Å². The zero-order valence-corrected chi connectivity index (χ0v) is 17.4. The van der Waals surface area contributed by atoms with Crippen molar-refractivity contribution in [2.45, 2.75) is 13.8 Å². The number of benzene rings is 1. The highest BCUT2D eigenvalue weighted by molar-refractivity contribution is 9.10. The number of hydrogen-bond acceptors (Lipinski definition) is 6. The molecule has 3 aromatic heterocycles. The lowest BCUT2D eigenvalue weighted by Gasteiger charge is -2.11. The van der Waals surface area contributed by atoms with Gasteiger partial charge in [0.15, 0.2) is 11.5 Å². The molecule has 4 aromatic rings. The van der Waals surface area contributed by atoms with E-state index in [0.29, 0.717) is 34.1 Å².